The fourth-order valence-electron chi connectivity index (χ4n) is 2.19. The van der Waals surface area contributed by atoms with E-state index in [1.807, 2.05) is 36.4 Å². The van der Waals surface area contributed by atoms with Crippen molar-refractivity contribution in [2.75, 3.05) is 5.32 Å². The van der Waals surface area contributed by atoms with Crippen LogP contribution in [0, 0.1) is 5.92 Å². The molecule has 1 saturated carbocycles. The van der Waals surface area contributed by atoms with Gasteiger partial charge in [0.25, 0.3) is 0 Å². The van der Waals surface area contributed by atoms with Gasteiger partial charge in [-0.1, -0.05) is 48.5 Å². The Labute approximate surface area is 113 Å². The van der Waals surface area contributed by atoms with Crippen LogP contribution in [0.25, 0.3) is 0 Å². The molecule has 0 bridgehead atoms. The van der Waals surface area contributed by atoms with Gasteiger partial charge in [0.2, 0.25) is 5.91 Å². The van der Waals surface area contributed by atoms with Crippen molar-refractivity contribution in [1.82, 2.24) is 0 Å². The Bertz CT molecular complexity index is 573. The van der Waals surface area contributed by atoms with Gasteiger partial charge in [0.05, 0.1) is 0 Å². The average molecular weight is 251 g/mol. The number of amides is 1. The van der Waals surface area contributed by atoms with Crippen molar-refractivity contribution in [2.45, 2.75) is 19.3 Å². The summed E-state index contributed by atoms with van der Waals surface area (Å²) < 4.78 is 0. The zero-order chi connectivity index (χ0) is 13.1. The second-order valence-electron chi connectivity index (χ2n) is 5.08. The Hall–Kier alpha value is -2.09. The molecule has 0 radical (unpaired) electrons. The molecule has 1 aliphatic carbocycles. The first-order valence-corrected chi connectivity index (χ1v) is 6.75. The number of hydrogen-bond donors (Lipinski definition) is 1. The normalized spacial score (nSPS) is 14.1. The summed E-state index contributed by atoms with van der Waals surface area (Å²) in [5.74, 6) is 0.408. The molecule has 2 heteroatoms. The molecule has 1 N–H and O–H groups in total. The van der Waals surface area contributed by atoms with Crippen LogP contribution in [0.1, 0.15) is 24.0 Å². The summed E-state index contributed by atoms with van der Waals surface area (Å²) in [5, 5.41) is 3.05. The van der Waals surface area contributed by atoms with Crippen LogP contribution in [0.15, 0.2) is 54.6 Å². The van der Waals surface area contributed by atoms with Gasteiger partial charge in [0.15, 0.2) is 0 Å². The van der Waals surface area contributed by atoms with E-state index in [4.69, 9.17) is 0 Å². The lowest BCUT2D eigenvalue weighted by molar-refractivity contribution is -0.117. The van der Waals surface area contributed by atoms with E-state index < -0.39 is 0 Å². The first kappa shape index (κ1) is 12.0. The summed E-state index contributed by atoms with van der Waals surface area (Å²) in [5.41, 5.74) is 3.38. The SMILES string of the molecule is O=C(Nc1ccccc1Cc1ccccc1)C1CC1. The quantitative estimate of drug-likeness (QED) is 0.883. The van der Waals surface area contributed by atoms with E-state index in [1.165, 1.54) is 11.1 Å². The molecule has 3 rings (SSSR count). The highest BCUT2D eigenvalue weighted by Gasteiger charge is 2.29. The van der Waals surface area contributed by atoms with Crippen molar-refractivity contribution in [1.29, 1.82) is 0 Å². The monoisotopic (exact) mass is 251 g/mol. The molecular formula is C17H17NO. The van der Waals surface area contributed by atoms with Crippen LogP contribution in [0.3, 0.4) is 0 Å². The maximum atomic E-state index is 11.9. The largest absolute Gasteiger partial charge is 0.326 e. The minimum atomic E-state index is 0.167. The number of benzene rings is 2. The second-order valence-corrected chi connectivity index (χ2v) is 5.08. The van der Waals surface area contributed by atoms with E-state index in [-0.39, 0.29) is 11.8 Å². The second kappa shape index (κ2) is 5.27. The fourth-order valence-corrected chi connectivity index (χ4v) is 2.19. The fraction of sp³-hybridized carbons (Fsp3) is 0.235. The van der Waals surface area contributed by atoms with Gasteiger partial charge in [-0.05, 0) is 36.5 Å². The van der Waals surface area contributed by atoms with E-state index in [0.717, 1.165) is 24.9 Å². The molecular weight excluding hydrogens is 234 g/mol. The van der Waals surface area contributed by atoms with Gasteiger partial charge >= 0.3 is 0 Å². The van der Waals surface area contributed by atoms with Gasteiger partial charge in [-0.2, -0.15) is 0 Å². The standard InChI is InChI=1S/C17H17NO/c19-17(14-10-11-14)18-16-9-5-4-8-15(16)12-13-6-2-1-3-7-13/h1-9,14H,10-12H2,(H,18,19). The van der Waals surface area contributed by atoms with E-state index in [1.54, 1.807) is 0 Å². The Kier molecular flexibility index (Phi) is 3.32. The van der Waals surface area contributed by atoms with Crippen LogP contribution < -0.4 is 5.32 Å². The molecule has 96 valence electrons. The van der Waals surface area contributed by atoms with Crippen molar-refractivity contribution in [3.63, 3.8) is 0 Å². The maximum absolute atomic E-state index is 11.9. The van der Waals surface area contributed by atoms with Crippen molar-refractivity contribution in [2.24, 2.45) is 5.92 Å². The first-order valence-electron chi connectivity index (χ1n) is 6.75. The summed E-state index contributed by atoms with van der Waals surface area (Å²) in [7, 11) is 0. The summed E-state index contributed by atoms with van der Waals surface area (Å²) >= 11 is 0. The Morgan fingerprint density at radius 1 is 1.00 bits per heavy atom. The Balaban J connectivity index is 1.78. The highest BCUT2D eigenvalue weighted by molar-refractivity contribution is 5.94. The highest BCUT2D eigenvalue weighted by Crippen LogP contribution is 2.31. The van der Waals surface area contributed by atoms with Crippen LogP contribution >= 0.6 is 0 Å². The molecule has 0 saturated heterocycles. The van der Waals surface area contributed by atoms with Crippen LogP contribution in [0.5, 0.6) is 0 Å². The van der Waals surface area contributed by atoms with E-state index >= 15 is 0 Å². The van der Waals surface area contributed by atoms with Gasteiger partial charge in [-0.3, -0.25) is 4.79 Å². The molecule has 0 spiro atoms. The molecule has 2 aromatic rings. The smallest absolute Gasteiger partial charge is 0.227 e. The number of para-hydroxylation sites is 1. The van der Waals surface area contributed by atoms with Crippen LogP contribution in [-0.2, 0) is 11.2 Å². The van der Waals surface area contributed by atoms with E-state index in [2.05, 4.69) is 23.5 Å². The summed E-state index contributed by atoms with van der Waals surface area (Å²) in [4.78, 5) is 11.9. The Morgan fingerprint density at radius 3 is 2.42 bits per heavy atom. The number of hydrogen-bond acceptors (Lipinski definition) is 1. The minimum Gasteiger partial charge on any atom is -0.326 e. The molecule has 1 amide bonds. The predicted octanol–water partition coefficient (Wildman–Crippen LogP) is 3.63. The van der Waals surface area contributed by atoms with Crippen LogP contribution in [0.2, 0.25) is 0 Å². The van der Waals surface area contributed by atoms with Crippen LogP contribution in [0.4, 0.5) is 5.69 Å². The summed E-state index contributed by atoms with van der Waals surface area (Å²) in [6, 6.07) is 18.4. The van der Waals surface area contributed by atoms with Crippen LogP contribution in [-0.4, -0.2) is 5.91 Å². The third-order valence-electron chi connectivity index (χ3n) is 3.46. The third-order valence-corrected chi connectivity index (χ3v) is 3.46. The lowest BCUT2D eigenvalue weighted by Crippen LogP contribution is -2.14. The van der Waals surface area contributed by atoms with Crippen molar-refractivity contribution in [3.05, 3.63) is 65.7 Å². The Morgan fingerprint density at radius 2 is 1.68 bits per heavy atom. The molecule has 2 aromatic carbocycles. The van der Waals surface area contributed by atoms with Gasteiger partial charge in [-0.15, -0.1) is 0 Å². The van der Waals surface area contributed by atoms with Gasteiger partial charge in [0.1, 0.15) is 0 Å². The molecule has 1 aliphatic rings. The van der Waals surface area contributed by atoms with Crippen molar-refractivity contribution >= 4 is 11.6 Å². The number of anilines is 1. The van der Waals surface area contributed by atoms with Gasteiger partial charge < -0.3 is 5.32 Å². The van der Waals surface area contributed by atoms with Crippen molar-refractivity contribution < 1.29 is 4.79 Å². The molecule has 2 nitrogen and oxygen atoms in total. The number of rotatable bonds is 4. The number of carbonyl (C=O) groups excluding carboxylic acids is 1. The molecule has 0 aliphatic heterocycles. The summed E-state index contributed by atoms with van der Waals surface area (Å²) in [6.07, 6.45) is 2.92. The summed E-state index contributed by atoms with van der Waals surface area (Å²) in [6.45, 7) is 0. The zero-order valence-electron chi connectivity index (χ0n) is 10.8. The molecule has 19 heavy (non-hydrogen) atoms. The highest BCUT2D eigenvalue weighted by atomic mass is 16.2. The first-order chi connectivity index (χ1) is 9.33. The lowest BCUT2D eigenvalue weighted by atomic mass is 10.0. The van der Waals surface area contributed by atoms with E-state index in [0.29, 0.717) is 0 Å². The van der Waals surface area contributed by atoms with Gasteiger partial charge in [-0.25, -0.2) is 0 Å². The van der Waals surface area contributed by atoms with Gasteiger partial charge in [0, 0.05) is 11.6 Å². The van der Waals surface area contributed by atoms with Crippen molar-refractivity contribution in [3.8, 4) is 0 Å². The lowest BCUT2D eigenvalue weighted by Gasteiger charge is -2.11. The molecule has 0 aromatic heterocycles. The topological polar surface area (TPSA) is 29.1 Å². The molecule has 0 atom stereocenters. The number of nitrogens with one attached hydrogen (secondary N) is 1. The molecule has 0 heterocycles. The molecule has 1 fully saturated rings. The predicted molar refractivity (Wildman–Crippen MR) is 77.0 cm³/mol. The van der Waals surface area contributed by atoms with E-state index in [9.17, 15) is 4.79 Å². The third kappa shape index (κ3) is 3.02. The minimum absolute atomic E-state index is 0.167. The molecule has 0 unspecified atom stereocenters. The number of carbonyl (C=O) groups is 1. The zero-order valence-corrected chi connectivity index (χ0v) is 10.8. The average Bonchev–Trinajstić information content (AvgIpc) is 3.26. The maximum Gasteiger partial charge on any atom is 0.227 e.